The zero-order valence-corrected chi connectivity index (χ0v) is 27.9. The van der Waals surface area contributed by atoms with E-state index in [-0.39, 0.29) is 24.8 Å². The number of rotatable bonds is 6. The van der Waals surface area contributed by atoms with E-state index in [0.717, 1.165) is 23.7 Å². The zero-order chi connectivity index (χ0) is 27.4. The molecule has 5 aromatic rings. The molecule has 1 atom stereocenters. The first-order chi connectivity index (χ1) is 19.6. The van der Waals surface area contributed by atoms with Gasteiger partial charge in [0.2, 0.25) is 0 Å². The van der Waals surface area contributed by atoms with Crippen molar-refractivity contribution < 1.29 is 62.3 Å². The van der Waals surface area contributed by atoms with Crippen LogP contribution in [0.25, 0.3) is 27.5 Å². The van der Waals surface area contributed by atoms with E-state index in [4.69, 9.17) is 14.2 Å². The van der Waals surface area contributed by atoms with E-state index >= 15 is 0 Å². The Hall–Kier alpha value is -3.04. The van der Waals surface area contributed by atoms with Crippen LogP contribution in [-0.4, -0.2) is 21.3 Å². The Morgan fingerprint density at radius 3 is 2.26 bits per heavy atom. The summed E-state index contributed by atoms with van der Waals surface area (Å²) in [6.45, 7) is 2.20. The van der Waals surface area contributed by atoms with Crippen LogP contribution in [0.2, 0.25) is 0 Å². The second-order valence-corrected chi connectivity index (χ2v) is 14.0. The first kappa shape index (κ1) is 30.4. The van der Waals surface area contributed by atoms with Gasteiger partial charge in [0.1, 0.15) is 0 Å². The van der Waals surface area contributed by atoms with Crippen molar-refractivity contribution in [2.45, 2.75) is 17.0 Å². The van der Waals surface area contributed by atoms with Gasteiger partial charge in [0.25, 0.3) is 0 Å². The van der Waals surface area contributed by atoms with Crippen LogP contribution in [0.3, 0.4) is 0 Å². The average Bonchev–Trinajstić information content (AvgIpc) is 3.55. The molecule has 0 heterocycles. The third kappa shape index (κ3) is 4.88. The Labute approximate surface area is 271 Å². The van der Waals surface area contributed by atoms with Gasteiger partial charge in [0, 0.05) is 0 Å². The number of fused-ring (bicyclic) bond motifs is 5. The molecule has 0 bridgehead atoms. The van der Waals surface area contributed by atoms with E-state index in [0.29, 0.717) is 3.63 Å². The summed E-state index contributed by atoms with van der Waals surface area (Å²) in [4.78, 5) is 0. The molecule has 1 unspecified atom stereocenters. The van der Waals surface area contributed by atoms with Gasteiger partial charge in [0.15, 0.2) is 0 Å². The Morgan fingerprint density at radius 2 is 1.48 bits per heavy atom. The number of hydrogen-bond acceptors (Lipinski definition) is 3. The van der Waals surface area contributed by atoms with Gasteiger partial charge in [-0.1, -0.05) is 0 Å². The van der Waals surface area contributed by atoms with E-state index in [1.54, 1.807) is 21.3 Å². The molecular formula is C36H30Cl2O3Zr. The number of benzene rings is 5. The van der Waals surface area contributed by atoms with Crippen molar-refractivity contribution in [3.8, 4) is 28.4 Å². The number of aryl methyl sites for hydroxylation is 1. The summed E-state index contributed by atoms with van der Waals surface area (Å²) in [5.74, 6) is 2.54. The maximum atomic E-state index is 5.95. The Morgan fingerprint density at radius 1 is 0.714 bits per heavy atom. The molecule has 0 N–H and O–H groups in total. The third-order valence-electron chi connectivity index (χ3n) is 8.39. The van der Waals surface area contributed by atoms with Crippen LogP contribution in [-0.2, 0) is 29.7 Å². The summed E-state index contributed by atoms with van der Waals surface area (Å²) in [5.41, 5.74) is 11.9. The zero-order valence-electron chi connectivity index (χ0n) is 23.9. The summed E-state index contributed by atoms with van der Waals surface area (Å²) in [6.07, 6.45) is 3.45. The minimum absolute atomic E-state index is 0. The van der Waals surface area contributed by atoms with Crippen LogP contribution >= 0.6 is 0 Å². The second-order valence-electron chi connectivity index (χ2n) is 10.5. The van der Waals surface area contributed by atoms with Crippen molar-refractivity contribution in [3.05, 3.63) is 124 Å². The largest absolute Gasteiger partial charge is 1.00 e. The molecule has 0 amide bonds. The summed E-state index contributed by atoms with van der Waals surface area (Å²) in [6, 6.07) is 31.0. The van der Waals surface area contributed by atoms with Crippen molar-refractivity contribution >= 4 is 19.6 Å². The van der Waals surface area contributed by atoms with Gasteiger partial charge in [-0.15, -0.1) is 0 Å². The normalized spacial score (nSPS) is 14.0. The summed E-state index contributed by atoms with van der Waals surface area (Å²) < 4.78 is 19.3. The summed E-state index contributed by atoms with van der Waals surface area (Å²) in [5, 5.41) is 2.65. The number of methoxy groups -OCH3 is 3. The molecule has 0 fully saturated rings. The summed E-state index contributed by atoms with van der Waals surface area (Å²) in [7, 11) is 5.22. The van der Waals surface area contributed by atoms with E-state index in [1.165, 1.54) is 64.1 Å². The Kier molecular flexibility index (Phi) is 8.90. The van der Waals surface area contributed by atoms with Crippen LogP contribution in [0, 0.1) is 6.92 Å². The molecule has 2 aliphatic rings. The molecule has 5 aromatic carbocycles. The molecular weight excluding hydrogens is 643 g/mol. The molecule has 2 aliphatic carbocycles. The summed E-state index contributed by atoms with van der Waals surface area (Å²) >= 11 is -1.16. The van der Waals surface area contributed by atoms with Crippen molar-refractivity contribution in [2.24, 2.45) is 0 Å². The number of halogens is 2. The van der Waals surface area contributed by atoms with Gasteiger partial charge in [-0.2, -0.15) is 0 Å². The van der Waals surface area contributed by atoms with Crippen LogP contribution in [0.4, 0.5) is 0 Å². The molecule has 0 saturated carbocycles. The molecule has 3 nitrogen and oxygen atoms in total. The van der Waals surface area contributed by atoms with Gasteiger partial charge in [-0.25, -0.2) is 0 Å². The van der Waals surface area contributed by atoms with Gasteiger partial charge >= 0.3 is 248 Å². The predicted molar refractivity (Wildman–Crippen MR) is 159 cm³/mol. The molecule has 0 aromatic heterocycles. The fourth-order valence-corrected chi connectivity index (χ4v) is 10.4. The van der Waals surface area contributed by atoms with Crippen LogP contribution < -0.4 is 42.3 Å². The van der Waals surface area contributed by atoms with Gasteiger partial charge in [-0.3, -0.25) is 0 Å². The quantitative estimate of drug-likeness (QED) is 0.270. The smallest absolute Gasteiger partial charge is 1.00 e. The maximum Gasteiger partial charge on any atom is -1.00 e. The molecule has 0 spiro atoms. The monoisotopic (exact) mass is 670 g/mol. The minimum Gasteiger partial charge on any atom is -1.00 e. The van der Waals surface area contributed by atoms with Crippen LogP contribution in [0.15, 0.2) is 91.0 Å². The first-order valence-electron chi connectivity index (χ1n) is 13.6. The molecule has 210 valence electrons. The number of allylic oxidation sites excluding steroid dienone is 1. The first-order valence-corrected chi connectivity index (χ1v) is 16.3. The molecule has 0 radical (unpaired) electrons. The molecule has 42 heavy (non-hydrogen) atoms. The van der Waals surface area contributed by atoms with Crippen molar-refractivity contribution in [1.29, 1.82) is 0 Å². The molecule has 0 saturated heterocycles. The minimum atomic E-state index is -1.16. The van der Waals surface area contributed by atoms with Crippen LogP contribution in [0.1, 0.15) is 37.0 Å². The standard InChI is InChI=1S/C20H15.C16H15O3.2ClH.Zr/c1-14-6-4-10-18-16(14)9-5-11-19(18)20-13-12-15-7-2-3-8-17(15)20;1-17-12-5-6-13-11(9-12)8-10-4-7-14(18-2)16(19-3)15(10)13;;;/h2-13H,1H3;5-7,9H,8H2,1-3H3;2*1H;/q;;;;+2/p-2. The second kappa shape index (κ2) is 12.3. The topological polar surface area (TPSA) is 27.7 Å². The van der Waals surface area contributed by atoms with Crippen molar-refractivity contribution in [1.82, 2.24) is 0 Å². The van der Waals surface area contributed by atoms with Gasteiger partial charge < -0.3 is 24.8 Å². The van der Waals surface area contributed by atoms with E-state index in [9.17, 15) is 0 Å². The van der Waals surface area contributed by atoms with Crippen molar-refractivity contribution in [3.63, 3.8) is 0 Å². The van der Waals surface area contributed by atoms with E-state index in [2.05, 4.69) is 91.9 Å². The number of ether oxygens (including phenoxy) is 3. The number of hydrogen-bond donors (Lipinski definition) is 0. The SMILES string of the molecule is COc1ccc2c(c1)Cc1[c]([Zr+2][CH]3C=C(c4cccc5c(C)cccc45)c4ccccc43)cc(OC)c(OC)c1-2.[Cl-].[Cl-]. The van der Waals surface area contributed by atoms with Crippen LogP contribution in [0.5, 0.6) is 17.2 Å². The average molecular weight is 673 g/mol. The molecule has 0 aliphatic heterocycles. The van der Waals surface area contributed by atoms with Gasteiger partial charge in [-0.05, 0) is 0 Å². The fourth-order valence-electron chi connectivity index (χ4n) is 6.49. The predicted octanol–water partition coefficient (Wildman–Crippen LogP) is 1.65. The van der Waals surface area contributed by atoms with Gasteiger partial charge in [0.05, 0.1) is 0 Å². The Balaban J connectivity index is 0.00000176. The molecule has 6 heteroatoms. The van der Waals surface area contributed by atoms with E-state index < -0.39 is 23.2 Å². The fraction of sp³-hybridized carbons (Fsp3) is 0.167. The maximum absolute atomic E-state index is 5.95. The Bertz CT molecular complexity index is 1850. The van der Waals surface area contributed by atoms with E-state index in [1.807, 2.05) is 6.07 Å². The van der Waals surface area contributed by atoms with Crippen molar-refractivity contribution in [2.75, 3.05) is 21.3 Å². The third-order valence-corrected chi connectivity index (χ3v) is 12.2. The molecule has 7 rings (SSSR count).